The maximum atomic E-state index is 10.9. The number of anilines is 1. The molecule has 0 saturated carbocycles. The summed E-state index contributed by atoms with van der Waals surface area (Å²) < 4.78 is 0. The van der Waals surface area contributed by atoms with Gasteiger partial charge in [-0.25, -0.2) is 9.78 Å². The summed E-state index contributed by atoms with van der Waals surface area (Å²) in [6.07, 6.45) is -0.200. The molecular formula is C9H8Cl2LiN3O3. The Bertz CT molecular complexity index is 524. The van der Waals surface area contributed by atoms with E-state index in [0.29, 0.717) is 17.3 Å². The van der Waals surface area contributed by atoms with Gasteiger partial charge in [-0.2, -0.15) is 0 Å². The van der Waals surface area contributed by atoms with E-state index in [1.165, 1.54) is 6.07 Å². The van der Waals surface area contributed by atoms with Gasteiger partial charge < -0.3 is 15.7 Å². The average Bonchev–Trinajstić information content (AvgIpc) is 2.68. The van der Waals surface area contributed by atoms with Crippen LogP contribution >= 0.6 is 23.2 Å². The SMILES string of the molecule is Nc1cc(C2CC(Cl)=NO2)nc(C(=O)O)c1Cl.[LiH]. The van der Waals surface area contributed by atoms with Crippen molar-refractivity contribution in [3.63, 3.8) is 0 Å². The fraction of sp³-hybridized carbons (Fsp3) is 0.222. The van der Waals surface area contributed by atoms with E-state index in [0.717, 1.165) is 0 Å². The number of aromatic carboxylic acids is 1. The molecule has 1 aliphatic rings. The van der Waals surface area contributed by atoms with Crippen LogP contribution in [0.2, 0.25) is 5.02 Å². The number of aromatic nitrogens is 1. The van der Waals surface area contributed by atoms with Crippen LogP contribution in [0.25, 0.3) is 0 Å². The van der Waals surface area contributed by atoms with Gasteiger partial charge in [-0.05, 0) is 6.07 Å². The molecule has 0 aromatic carbocycles. The normalized spacial score (nSPS) is 17.7. The molecule has 9 heteroatoms. The number of nitrogen functional groups attached to an aromatic ring is 1. The molecule has 6 nitrogen and oxygen atoms in total. The number of carboxylic acids is 1. The van der Waals surface area contributed by atoms with Crippen LogP contribution in [0.5, 0.6) is 0 Å². The van der Waals surface area contributed by atoms with Gasteiger partial charge in [0.05, 0.1) is 16.4 Å². The van der Waals surface area contributed by atoms with Crippen LogP contribution in [0.15, 0.2) is 11.2 Å². The van der Waals surface area contributed by atoms with E-state index >= 15 is 0 Å². The van der Waals surface area contributed by atoms with Gasteiger partial charge in [-0.15, -0.1) is 0 Å². The number of nitrogens with two attached hydrogens (primary N) is 1. The van der Waals surface area contributed by atoms with Gasteiger partial charge in [0.25, 0.3) is 0 Å². The van der Waals surface area contributed by atoms with Crippen LogP contribution in [0.4, 0.5) is 5.69 Å². The van der Waals surface area contributed by atoms with Gasteiger partial charge in [0.1, 0.15) is 5.17 Å². The number of halogens is 2. The second-order valence-corrected chi connectivity index (χ2v) is 4.18. The molecular weight excluding hydrogens is 276 g/mol. The first kappa shape index (κ1) is 15.1. The molecule has 0 bridgehead atoms. The van der Waals surface area contributed by atoms with Gasteiger partial charge in [0.2, 0.25) is 0 Å². The Morgan fingerprint density at radius 3 is 2.72 bits per heavy atom. The quantitative estimate of drug-likeness (QED) is 0.799. The average molecular weight is 284 g/mol. The molecule has 0 amide bonds. The number of hydrogen-bond donors (Lipinski definition) is 2. The van der Waals surface area contributed by atoms with Crippen LogP contribution in [-0.4, -0.2) is 40.1 Å². The summed E-state index contributed by atoms with van der Waals surface area (Å²) in [5.74, 6) is -1.26. The van der Waals surface area contributed by atoms with Crippen molar-refractivity contribution in [2.45, 2.75) is 12.5 Å². The zero-order chi connectivity index (χ0) is 12.6. The zero-order valence-electron chi connectivity index (χ0n) is 8.35. The van der Waals surface area contributed by atoms with Gasteiger partial charge in [0.15, 0.2) is 11.8 Å². The Morgan fingerprint density at radius 1 is 1.56 bits per heavy atom. The van der Waals surface area contributed by atoms with Crippen molar-refractivity contribution in [2.75, 3.05) is 5.73 Å². The Hall–Kier alpha value is -0.933. The second kappa shape index (κ2) is 5.81. The summed E-state index contributed by atoms with van der Waals surface area (Å²) >= 11 is 11.4. The fourth-order valence-corrected chi connectivity index (χ4v) is 1.74. The fourth-order valence-electron chi connectivity index (χ4n) is 1.38. The maximum absolute atomic E-state index is 10.9. The summed E-state index contributed by atoms with van der Waals surface area (Å²) in [4.78, 5) is 19.8. The number of carboxylic acid groups (broad SMARTS) is 1. The van der Waals surface area contributed by atoms with Crippen molar-refractivity contribution < 1.29 is 14.7 Å². The van der Waals surface area contributed by atoms with Crippen molar-refractivity contribution in [1.82, 2.24) is 4.98 Å². The number of oxime groups is 1. The monoisotopic (exact) mass is 283 g/mol. The minimum absolute atomic E-state index is 0. The van der Waals surface area contributed by atoms with Crippen LogP contribution in [0.3, 0.4) is 0 Å². The molecule has 1 unspecified atom stereocenters. The van der Waals surface area contributed by atoms with Crippen molar-refractivity contribution in [2.24, 2.45) is 5.16 Å². The molecule has 3 N–H and O–H groups in total. The molecule has 2 rings (SSSR count). The van der Waals surface area contributed by atoms with Gasteiger partial charge in [-0.1, -0.05) is 28.4 Å². The molecule has 0 fully saturated rings. The van der Waals surface area contributed by atoms with Crippen molar-refractivity contribution >= 4 is 58.9 Å². The Morgan fingerprint density at radius 2 is 2.22 bits per heavy atom. The Labute approximate surface area is 124 Å². The number of hydrogen-bond acceptors (Lipinski definition) is 5. The first-order chi connectivity index (χ1) is 7.99. The minimum atomic E-state index is -1.26. The molecule has 92 valence electrons. The third-order valence-corrected chi connectivity index (χ3v) is 2.79. The van der Waals surface area contributed by atoms with E-state index in [1.54, 1.807) is 0 Å². The molecule has 1 aromatic heterocycles. The van der Waals surface area contributed by atoms with Crippen molar-refractivity contribution in [3.8, 4) is 0 Å². The Kier molecular flexibility index (Phi) is 4.88. The van der Waals surface area contributed by atoms with Crippen molar-refractivity contribution in [1.29, 1.82) is 0 Å². The van der Waals surface area contributed by atoms with Gasteiger partial charge in [0, 0.05) is 6.42 Å². The standard InChI is InChI=1S/C9H7Cl2N3O3.Li.H/c10-6-2-5(17-14-6)4-1-3(12)7(11)8(13-4)9(15)16;;/h1,5H,2H2,(H2,12,13)(H,15,16);;. The van der Waals surface area contributed by atoms with E-state index < -0.39 is 12.1 Å². The molecule has 2 heterocycles. The number of nitrogens with zero attached hydrogens (tertiary/aromatic N) is 2. The summed E-state index contributed by atoms with van der Waals surface area (Å²) in [5.41, 5.74) is 5.75. The molecule has 1 aromatic rings. The molecule has 1 aliphatic heterocycles. The predicted octanol–water partition coefficient (Wildman–Crippen LogP) is 1.38. The first-order valence-corrected chi connectivity index (χ1v) is 5.32. The number of carbonyl (C=O) groups is 1. The molecule has 18 heavy (non-hydrogen) atoms. The predicted molar refractivity (Wildman–Crippen MR) is 69.5 cm³/mol. The molecule has 1 atom stereocenters. The van der Waals surface area contributed by atoms with Crippen LogP contribution < -0.4 is 5.73 Å². The summed E-state index contributed by atoms with van der Waals surface area (Å²) in [6.45, 7) is 0. The summed E-state index contributed by atoms with van der Waals surface area (Å²) in [6, 6.07) is 1.45. The van der Waals surface area contributed by atoms with Crippen molar-refractivity contribution in [3.05, 3.63) is 22.5 Å². The van der Waals surface area contributed by atoms with E-state index in [1.807, 2.05) is 0 Å². The Balaban J connectivity index is 0.00000162. The second-order valence-electron chi connectivity index (χ2n) is 3.37. The van der Waals surface area contributed by atoms with E-state index in [-0.39, 0.29) is 35.3 Å². The number of rotatable bonds is 2. The summed E-state index contributed by atoms with van der Waals surface area (Å²) in [5, 5.41) is 12.7. The molecule has 0 radical (unpaired) electrons. The number of pyridine rings is 1. The van der Waals surface area contributed by atoms with Crippen LogP contribution in [0, 0.1) is 0 Å². The third kappa shape index (κ3) is 2.90. The topological polar surface area (TPSA) is 97.8 Å². The third-order valence-electron chi connectivity index (χ3n) is 2.17. The summed E-state index contributed by atoms with van der Waals surface area (Å²) in [7, 11) is 0. The van der Waals surface area contributed by atoms with E-state index in [2.05, 4.69) is 10.1 Å². The van der Waals surface area contributed by atoms with Crippen LogP contribution in [0.1, 0.15) is 28.7 Å². The molecule has 0 aliphatic carbocycles. The van der Waals surface area contributed by atoms with Gasteiger partial charge >= 0.3 is 24.8 Å². The first-order valence-electron chi connectivity index (χ1n) is 4.56. The van der Waals surface area contributed by atoms with Crippen LogP contribution in [-0.2, 0) is 4.84 Å². The zero-order valence-corrected chi connectivity index (χ0v) is 9.87. The van der Waals surface area contributed by atoms with E-state index in [9.17, 15) is 4.79 Å². The molecule has 0 saturated heterocycles. The van der Waals surface area contributed by atoms with E-state index in [4.69, 9.17) is 38.9 Å². The van der Waals surface area contributed by atoms with Gasteiger partial charge in [-0.3, -0.25) is 0 Å². The molecule has 0 spiro atoms.